The van der Waals surface area contributed by atoms with Crippen molar-refractivity contribution in [2.75, 3.05) is 20.3 Å². The van der Waals surface area contributed by atoms with E-state index in [9.17, 15) is 22.8 Å². The highest BCUT2D eigenvalue weighted by Crippen LogP contribution is 2.35. The van der Waals surface area contributed by atoms with Crippen LogP contribution in [-0.4, -0.2) is 43.1 Å². The maximum absolute atomic E-state index is 12.5. The van der Waals surface area contributed by atoms with Gasteiger partial charge in [-0.05, 0) is 102 Å². The van der Waals surface area contributed by atoms with Crippen molar-refractivity contribution in [2.24, 2.45) is 0 Å². The molecule has 0 aliphatic rings. The zero-order valence-corrected chi connectivity index (χ0v) is 29.4. The molecule has 268 valence electrons. The Morgan fingerprint density at radius 2 is 1.50 bits per heavy atom. The van der Waals surface area contributed by atoms with Crippen LogP contribution in [0.2, 0.25) is 0 Å². The summed E-state index contributed by atoms with van der Waals surface area (Å²) in [7, 11) is 1.63. The molecule has 11 heteroatoms. The Kier molecular flexibility index (Phi) is 16.0. The van der Waals surface area contributed by atoms with Crippen molar-refractivity contribution < 1.29 is 42.1 Å². The molecule has 8 nitrogen and oxygen atoms in total. The summed E-state index contributed by atoms with van der Waals surface area (Å²) in [6.07, 6.45) is -2.62. The predicted octanol–water partition coefficient (Wildman–Crippen LogP) is 9.77. The Morgan fingerprint density at radius 3 is 2.06 bits per heavy atom. The van der Waals surface area contributed by atoms with Gasteiger partial charge >= 0.3 is 12.1 Å². The summed E-state index contributed by atoms with van der Waals surface area (Å²) in [5, 5.41) is 21.7. The average Bonchev–Trinajstić information content (AvgIpc) is 3.09. The van der Waals surface area contributed by atoms with Gasteiger partial charge in [0, 0.05) is 17.7 Å². The predicted molar refractivity (Wildman–Crippen MR) is 192 cm³/mol. The normalized spacial score (nSPS) is 11.1. The molecule has 0 spiro atoms. The van der Waals surface area contributed by atoms with Crippen LogP contribution in [0.15, 0.2) is 84.9 Å². The van der Waals surface area contributed by atoms with Gasteiger partial charge in [-0.1, -0.05) is 52.0 Å². The quantitative estimate of drug-likeness (QED) is 0.106. The van der Waals surface area contributed by atoms with Crippen molar-refractivity contribution in [3.8, 4) is 17.2 Å². The summed E-state index contributed by atoms with van der Waals surface area (Å²) in [6.45, 7) is 11.8. The lowest BCUT2D eigenvalue weighted by Gasteiger charge is -2.15. The second-order valence-electron chi connectivity index (χ2n) is 10.8. The second-order valence-corrected chi connectivity index (χ2v) is 10.8. The number of carbonyl (C=O) groups is 2. The first-order valence-electron chi connectivity index (χ1n) is 16.2. The molecule has 4 aromatic rings. The number of hydrogen-bond donors (Lipinski definition) is 3. The van der Waals surface area contributed by atoms with E-state index in [2.05, 4.69) is 5.32 Å². The molecular weight excluding hydrogens is 649 g/mol. The lowest BCUT2D eigenvalue weighted by atomic mass is 9.99. The third-order valence-corrected chi connectivity index (χ3v) is 7.11. The van der Waals surface area contributed by atoms with Gasteiger partial charge in [-0.25, -0.2) is 0 Å². The van der Waals surface area contributed by atoms with Crippen LogP contribution in [0.5, 0.6) is 17.2 Å². The molecular formula is C39H45F3N2O6. The fourth-order valence-electron chi connectivity index (χ4n) is 4.64. The number of hydrogen-bond acceptors (Lipinski definition) is 6. The molecule has 0 aromatic heterocycles. The van der Waals surface area contributed by atoms with Gasteiger partial charge in [0.2, 0.25) is 5.90 Å². The molecule has 0 saturated carbocycles. The van der Waals surface area contributed by atoms with E-state index in [0.29, 0.717) is 34.8 Å². The minimum atomic E-state index is -4.30. The lowest BCUT2D eigenvalue weighted by molar-refractivity contribution is -0.138. The molecule has 50 heavy (non-hydrogen) atoms. The summed E-state index contributed by atoms with van der Waals surface area (Å²) in [5.41, 5.74) is 1.84. The van der Waals surface area contributed by atoms with Crippen molar-refractivity contribution >= 4 is 34.1 Å². The van der Waals surface area contributed by atoms with E-state index in [1.54, 1.807) is 31.4 Å². The van der Waals surface area contributed by atoms with E-state index >= 15 is 0 Å². The molecule has 0 unspecified atom stereocenters. The van der Waals surface area contributed by atoms with Crippen LogP contribution >= 0.6 is 0 Å². The number of amides is 1. The number of nitrogens with one attached hydrogen (secondary N) is 2. The highest BCUT2D eigenvalue weighted by molar-refractivity contribution is 6.19. The van der Waals surface area contributed by atoms with Crippen LogP contribution in [0.25, 0.3) is 16.3 Å². The minimum Gasteiger partial charge on any atom is -0.497 e. The second kappa shape index (κ2) is 19.6. The Balaban J connectivity index is 0.000000405. The van der Waals surface area contributed by atoms with Crippen LogP contribution in [0, 0.1) is 5.41 Å². The summed E-state index contributed by atoms with van der Waals surface area (Å²) >= 11 is 0. The van der Waals surface area contributed by atoms with E-state index in [1.807, 2.05) is 84.0 Å². The van der Waals surface area contributed by atoms with E-state index in [-0.39, 0.29) is 30.7 Å². The number of carboxylic acid groups (broad SMARTS) is 1. The fraction of sp³-hybridized carbons (Fsp3) is 0.308. The molecule has 0 radical (unpaired) electrons. The third-order valence-electron chi connectivity index (χ3n) is 7.11. The summed E-state index contributed by atoms with van der Waals surface area (Å²) in [5.74, 6) is 0.384. The zero-order valence-electron chi connectivity index (χ0n) is 29.4. The minimum absolute atomic E-state index is 0.00356. The molecule has 0 atom stereocenters. The van der Waals surface area contributed by atoms with Crippen molar-refractivity contribution in [3.05, 3.63) is 107 Å². The first kappa shape index (κ1) is 40.9. The first-order chi connectivity index (χ1) is 23.8. The molecule has 0 aliphatic carbocycles. The van der Waals surface area contributed by atoms with Crippen LogP contribution in [0.1, 0.15) is 80.9 Å². The molecule has 0 bridgehead atoms. The van der Waals surface area contributed by atoms with Gasteiger partial charge in [0.15, 0.2) is 0 Å². The van der Waals surface area contributed by atoms with Gasteiger partial charge in [-0.15, -0.1) is 0 Å². The largest absolute Gasteiger partial charge is 0.497 e. The van der Waals surface area contributed by atoms with E-state index < -0.39 is 17.7 Å². The maximum Gasteiger partial charge on any atom is 0.416 e. The van der Waals surface area contributed by atoms with Crippen molar-refractivity contribution in [3.63, 3.8) is 0 Å². The standard InChI is InChI=1S/C25H24N2O5.C12H15F3O.C2H6/c1-3-22(19-5-4-18-15-21(31-2)11-8-17(18)14-19)24(26)32-20-9-6-16(7-10-20)25(30)27-13-12-23(28)29;1-4-16-11-6-5-9(12(13,14)15)7-10(11)8(2)3;1-2/h3-11,14-15,26H,12-13H2,1-2H3,(H,27,30)(H,28,29);5-8H,4H2,1-3H3;1-2H3/b22-3-,26-24?;;. The number of allylic oxidation sites excluding steroid dienone is 1. The number of fused-ring (bicyclic) bond motifs is 1. The fourth-order valence-corrected chi connectivity index (χ4v) is 4.64. The van der Waals surface area contributed by atoms with Crippen LogP contribution in [0.3, 0.4) is 0 Å². The lowest BCUT2D eigenvalue weighted by Crippen LogP contribution is -2.25. The molecule has 0 saturated heterocycles. The van der Waals surface area contributed by atoms with E-state index in [1.165, 1.54) is 6.07 Å². The summed E-state index contributed by atoms with van der Waals surface area (Å²) in [4.78, 5) is 22.6. The molecule has 4 rings (SSSR count). The molecule has 1 amide bonds. The molecule has 0 aliphatic heterocycles. The smallest absolute Gasteiger partial charge is 0.416 e. The highest BCUT2D eigenvalue weighted by atomic mass is 19.4. The molecule has 4 aromatic carbocycles. The van der Waals surface area contributed by atoms with E-state index in [0.717, 1.165) is 34.2 Å². The number of alkyl halides is 3. The van der Waals surface area contributed by atoms with Gasteiger partial charge < -0.3 is 24.6 Å². The maximum atomic E-state index is 12.5. The number of aliphatic carboxylic acids is 1. The SMILES string of the molecule is C/C=C(\C(=N)Oc1ccc(C(=O)NCCC(=O)O)cc1)c1ccc2cc(OC)ccc2c1.CC.CCOc1ccc(C(F)(F)F)cc1C(C)C. The molecule has 0 fully saturated rings. The topological polar surface area (TPSA) is 118 Å². The van der Waals surface area contributed by atoms with Crippen LogP contribution in [0.4, 0.5) is 13.2 Å². The number of rotatable bonds is 11. The van der Waals surface area contributed by atoms with Gasteiger partial charge in [0.25, 0.3) is 5.91 Å². The number of benzene rings is 4. The zero-order chi connectivity index (χ0) is 37.4. The highest BCUT2D eigenvalue weighted by Gasteiger charge is 2.31. The number of carboxylic acids is 1. The van der Waals surface area contributed by atoms with Gasteiger partial charge in [0.05, 0.1) is 25.7 Å². The molecule has 3 N–H and O–H groups in total. The molecule has 0 heterocycles. The van der Waals surface area contributed by atoms with Crippen LogP contribution in [-0.2, 0) is 11.0 Å². The number of methoxy groups -OCH3 is 1. The van der Waals surface area contributed by atoms with Gasteiger partial charge in [-0.3, -0.25) is 15.0 Å². The van der Waals surface area contributed by atoms with E-state index in [4.69, 9.17) is 24.7 Å². The third kappa shape index (κ3) is 12.0. The van der Waals surface area contributed by atoms with Crippen molar-refractivity contribution in [1.82, 2.24) is 5.32 Å². The summed E-state index contributed by atoms with van der Waals surface area (Å²) < 4.78 is 53.8. The number of carbonyl (C=O) groups excluding carboxylic acids is 1. The van der Waals surface area contributed by atoms with Gasteiger partial charge in [0.1, 0.15) is 17.2 Å². The number of halogens is 3. The Hall–Kier alpha value is -5.32. The monoisotopic (exact) mass is 694 g/mol. The Labute approximate surface area is 291 Å². The summed E-state index contributed by atoms with van der Waals surface area (Å²) in [6, 6.07) is 21.6. The Morgan fingerprint density at radius 1 is 0.900 bits per heavy atom. The average molecular weight is 695 g/mol. The van der Waals surface area contributed by atoms with Crippen molar-refractivity contribution in [2.45, 2.75) is 60.1 Å². The first-order valence-corrected chi connectivity index (χ1v) is 16.2. The van der Waals surface area contributed by atoms with Crippen molar-refractivity contribution in [1.29, 1.82) is 5.41 Å². The number of ether oxygens (including phenoxy) is 3. The van der Waals surface area contributed by atoms with Crippen LogP contribution < -0.4 is 19.5 Å². The Bertz CT molecular complexity index is 1770. The van der Waals surface area contributed by atoms with Gasteiger partial charge in [-0.2, -0.15) is 13.2 Å².